The van der Waals surface area contributed by atoms with Crippen LogP contribution in [0.4, 0.5) is 5.82 Å². The molecule has 1 aromatic heterocycles. The highest BCUT2D eigenvalue weighted by molar-refractivity contribution is 9.10. The highest BCUT2D eigenvalue weighted by atomic mass is 79.9. The zero-order valence-electron chi connectivity index (χ0n) is 10.1. The standard InChI is InChI=1S/C12H18BrN3S/c1-2-11-15-10(13)7-12(16-11)14-8-9-3-5-17-6-4-9/h7,9H,2-6,8H2,1H3,(H,14,15,16). The maximum atomic E-state index is 4.48. The normalized spacial score (nSPS) is 17.1. The number of aryl methyl sites for hydroxylation is 1. The van der Waals surface area contributed by atoms with E-state index >= 15 is 0 Å². The van der Waals surface area contributed by atoms with Crippen LogP contribution in [0.2, 0.25) is 0 Å². The first-order valence-corrected chi connectivity index (χ1v) is 8.07. The highest BCUT2D eigenvalue weighted by Gasteiger charge is 2.13. The van der Waals surface area contributed by atoms with Gasteiger partial charge in [-0.25, -0.2) is 9.97 Å². The Hall–Kier alpha value is -0.290. The Bertz CT molecular complexity index is 367. The van der Waals surface area contributed by atoms with Crippen LogP contribution >= 0.6 is 27.7 Å². The lowest BCUT2D eigenvalue weighted by Gasteiger charge is -2.21. The molecule has 0 bridgehead atoms. The van der Waals surface area contributed by atoms with Crippen molar-refractivity contribution in [3.8, 4) is 0 Å². The second-order valence-corrected chi connectivity index (χ2v) is 6.32. The van der Waals surface area contributed by atoms with E-state index in [-0.39, 0.29) is 0 Å². The van der Waals surface area contributed by atoms with Crippen LogP contribution in [0.3, 0.4) is 0 Å². The maximum absolute atomic E-state index is 4.48. The van der Waals surface area contributed by atoms with Gasteiger partial charge >= 0.3 is 0 Å². The van der Waals surface area contributed by atoms with Crippen LogP contribution in [0.5, 0.6) is 0 Å². The zero-order valence-corrected chi connectivity index (χ0v) is 12.5. The van der Waals surface area contributed by atoms with Crippen molar-refractivity contribution in [1.82, 2.24) is 9.97 Å². The molecule has 1 aromatic rings. The van der Waals surface area contributed by atoms with Gasteiger partial charge in [0, 0.05) is 19.0 Å². The fourth-order valence-corrected chi connectivity index (χ4v) is 3.54. The minimum Gasteiger partial charge on any atom is -0.370 e. The van der Waals surface area contributed by atoms with E-state index in [1.807, 2.05) is 6.07 Å². The molecule has 1 aliphatic rings. The smallest absolute Gasteiger partial charge is 0.131 e. The molecule has 2 rings (SSSR count). The van der Waals surface area contributed by atoms with Crippen LogP contribution in [-0.4, -0.2) is 28.0 Å². The van der Waals surface area contributed by atoms with Crippen LogP contribution in [0.1, 0.15) is 25.6 Å². The molecule has 1 N–H and O–H groups in total. The molecule has 0 saturated carbocycles. The van der Waals surface area contributed by atoms with Crippen LogP contribution in [0.25, 0.3) is 0 Å². The summed E-state index contributed by atoms with van der Waals surface area (Å²) in [6.07, 6.45) is 3.52. The van der Waals surface area contributed by atoms with E-state index < -0.39 is 0 Å². The van der Waals surface area contributed by atoms with Gasteiger partial charge in [0.1, 0.15) is 16.2 Å². The van der Waals surface area contributed by atoms with E-state index in [1.165, 1.54) is 24.3 Å². The van der Waals surface area contributed by atoms with Gasteiger partial charge in [-0.15, -0.1) is 0 Å². The summed E-state index contributed by atoms with van der Waals surface area (Å²) >= 11 is 5.49. The molecule has 0 amide bonds. The van der Waals surface area contributed by atoms with Crippen LogP contribution < -0.4 is 5.32 Å². The number of rotatable bonds is 4. The van der Waals surface area contributed by atoms with Gasteiger partial charge in [0.2, 0.25) is 0 Å². The van der Waals surface area contributed by atoms with Crippen molar-refractivity contribution in [3.63, 3.8) is 0 Å². The van der Waals surface area contributed by atoms with Crippen molar-refractivity contribution in [2.45, 2.75) is 26.2 Å². The first-order chi connectivity index (χ1) is 8.28. The summed E-state index contributed by atoms with van der Waals surface area (Å²) in [6.45, 7) is 3.11. The van der Waals surface area contributed by atoms with Crippen LogP contribution in [-0.2, 0) is 6.42 Å². The summed E-state index contributed by atoms with van der Waals surface area (Å²) in [5, 5.41) is 3.44. The van der Waals surface area contributed by atoms with E-state index in [0.717, 1.165) is 35.1 Å². The molecular weight excluding hydrogens is 298 g/mol. The molecule has 0 atom stereocenters. The summed E-state index contributed by atoms with van der Waals surface area (Å²) in [7, 11) is 0. The Balaban J connectivity index is 1.91. The topological polar surface area (TPSA) is 37.8 Å². The number of hydrogen-bond donors (Lipinski definition) is 1. The molecule has 1 fully saturated rings. The Morgan fingerprint density at radius 1 is 1.41 bits per heavy atom. The second-order valence-electron chi connectivity index (χ2n) is 4.28. The Kier molecular flexibility index (Phi) is 5.10. The van der Waals surface area contributed by atoms with Gasteiger partial charge < -0.3 is 5.32 Å². The van der Waals surface area contributed by atoms with Gasteiger partial charge in [0.25, 0.3) is 0 Å². The average molecular weight is 316 g/mol. The Morgan fingerprint density at radius 2 is 2.18 bits per heavy atom. The fourth-order valence-electron chi connectivity index (χ4n) is 1.91. The van der Waals surface area contributed by atoms with Crippen molar-refractivity contribution in [2.75, 3.05) is 23.4 Å². The third kappa shape index (κ3) is 4.14. The minimum atomic E-state index is 0.801. The largest absolute Gasteiger partial charge is 0.370 e. The molecule has 0 spiro atoms. The highest BCUT2D eigenvalue weighted by Crippen LogP contribution is 2.23. The Morgan fingerprint density at radius 3 is 2.88 bits per heavy atom. The molecule has 0 radical (unpaired) electrons. The van der Waals surface area contributed by atoms with Gasteiger partial charge in [-0.05, 0) is 46.2 Å². The van der Waals surface area contributed by atoms with Crippen LogP contribution in [0.15, 0.2) is 10.7 Å². The first-order valence-electron chi connectivity index (χ1n) is 6.13. The predicted octanol–water partition coefficient (Wildman–Crippen LogP) is 3.36. The quantitative estimate of drug-likeness (QED) is 0.865. The summed E-state index contributed by atoms with van der Waals surface area (Å²) in [5.74, 6) is 5.25. The van der Waals surface area contributed by atoms with Gasteiger partial charge in [0.15, 0.2) is 0 Å². The molecule has 2 heterocycles. The van der Waals surface area contributed by atoms with Crippen molar-refractivity contribution in [2.24, 2.45) is 5.92 Å². The number of thioether (sulfide) groups is 1. The first kappa shape index (κ1) is 13.1. The molecule has 94 valence electrons. The predicted molar refractivity (Wildman–Crippen MR) is 77.6 cm³/mol. The SMILES string of the molecule is CCc1nc(Br)cc(NCC2CCSCC2)n1. The molecule has 0 aliphatic carbocycles. The molecule has 5 heteroatoms. The summed E-state index contributed by atoms with van der Waals surface area (Å²) in [4.78, 5) is 8.79. The third-order valence-electron chi connectivity index (χ3n) is 2.97. The molecule has 1 aliphatic heterocycles. The van der Waals surface area contributed by atoms with E-state index in [9.17, 15) is 0 Å². The maximum Gasteiger partial charge on any atom is 0.131 e. The van der Waals surface area contributed by atoms with Crippen molar-refractivity contribution in [3.05, 3.63) is 16.5 Å². The zero-order chi connectivity index (χ0) is 12.1. The van der Waals surface area contributed by atoms with Gasteiger partial charge in [-0.3, -0.25) is 0 Å². The summed E-state index contributed by atoms with van der Waals surface area (Å²) in [6, 6.07) is 1.96. The van der Waals surface area contributed by atoms with Crippen LogP contribution in [0, 0.1) is 5.92 Å². The van der Waals surface area contributed by atoms with E-state index in [2.05, 4.69) is 49.9 Å². The lowest BCUT2D eigenvalue weighted by molar-refractivity contribution is 0.515. The number of nitrogens with one attached hydrogen (secondary N) is 1. The number of nitrogens with zero attached hydrogens (tertiary/aromatic N) is 2. The lowest BCUT2D eigenvalue weighted by Crippen LogP contribution is -2.19. The molecule has 0 unspecified atom stereocenters. The molecular formula is C12H18BrN3S. The fraction of sp³-hybridized carbons (Fsp3) is 0.667. The lowest BCUT2D eigenvalue weighted by atomic mass is 10.0. The van der Waals surface area contributed by atoms with E-state index in [0.29, 0.717) is 0 Å². The third-order valence-corrected chi connectivity index (χ3v) is 4.43. The number of halogens is 1. The monoisotopic (exact) mass is 315 g/mol. The van der Waals surface area contributed by atoms with E-state index in [4.69, 9.17) is 0 Å². The molecule has 1 saturated heterocycles. The Labute approximate surface area is 115 Å². The summed E-state index contributed by atoms with van der Waals surface area (Å²) < 4.78 is 0.867. The van der Waals surface area contributed by atoms with Gasteiger partial charge in [-0.2, -0.15) is 11.8 Å². The second kappa shape index (κ2) is 6.59. The molecule has 17 heavy (non-hydrogen) atoms. The number of hydrogen-bond acceptors (Lipinski definition) is 4. The number of aromatic nitrogens is 2. The van der Waals surface area contributed by atoms with E-state index in [1.54, 1.807) is 0 Å². The molecule has 3 nitrogen and oxygen atoms in total. The number of anilines is 1. The minimum absolute atomic E-state index is 0.801. The molecule has 0 aromatic carbocycles. The average Bonchev–Trinajstić information content (AvgIpc) is 2.37. The van der Waals surface area contributed by atoms with Gasteiger partial charge in [0.05, 0.1) is 0 Å². The van der Waals surface area contributed by atoms with Gasteiger partial charge in [-0.1, -0.05) is 6.92 Å². The van der Waals surface area contributed by atoms with Crippen molar-refractivity contribution >= 4 is 33.5 Å². The summed E-state index contributed by atoms with van der Waals surface area (Å²) in [5.41, 5.74) is 0. The van der Waals surface area contributed by atoms with Crippen molar-refractivity contribution in [1.29, 1.82) is 0 Å². The van der Waals surface area contributed by atoms with Crippen molar-refractivity contribution < 1.29 is 0 Å².